The van der Waals surface area contributed by atoms with E-state index in [9.17, 15) is 10.3 Å². The fourth-order valence-corrected chi connectivity index (χ4v) is 1.73. The Labute approximate surface area is 118 Å². The smallest absolute Gasteiger partial charge is 0.182 e. The summed E-state index contributed by atoms with van der Waals surface area (Å²) in [6.07, 6.45) is 0.610. The molecular formula is C16H17NO3. The second-order valence-electron chi connectivity index (χ2n) is 4.42. The highest BCUT2D eigenvalue weighted by Crippen LogP contribution is 2.08. The number of hydrogen-bond donors (Lipinski definition) is 1. The summed E-state index contributed by atoms with van der Waals surface area (Å²) in [7, 11) is 0. The number of para-hydroxylation sites is 1. The molecule has 4 nitrogen and oxygen atoms in total. The zero-order chi connectivity index (χ0) is 14.2. The van der Waals surface area contributed by atoms with Crippen LogP contribution in [0.15, 0.2) is 60.7 Å². The van der Waals surface area contributed by atoms with Gasteiger partial charge in [0, 0.05) is 5.56 Å². The normalized spacial score (nSPS) is 12.9. The molecule has 0 aromatic heterocycles. The second-order valence-corrected chi connectivity index (χ2v) is 4.42. The molecule has 0 radical (unpaired) electrons. The van der Waals surface area contributed by atoms with Gasteiger partial charge >= 0.3 is 0 Å². The van der Waals surface area contributed by atoms with E-state index in [1.165, 1.54) is 6.21 Å². The number of rotatable bonds is 6. The highest BCUT2D eigenvalue weighted by Gasteiger charge is 2.10. The van der Waals surface area contributed by atoms with Gasteiger partial charge in [-0.15, -0.1) is 0 Å². The first-order valence-corrected chi connectivity index (χ1v) is 6.43. The Balaban J connectivity index is 1.82. The number of ether oxygens (including phenoxy) is 1. The number of hydroxylamine groups is 1. The molecule has 0 saturated heterocycles. The van der Waals surface area contributed by atoms with E-state index in [1.807, 2.05) is 48.5 Å². The van der Waals surface area contributed by atoms with Crippen molar-refractivity contribution < 1.29 is 14.6 Å². The Bertz CT molecular complexity index is 540. The lowest BCUT2D eigenvalue weighted by Crippen LogP contribution is -2.27. The molecule has 1 N–H and O–H groups in total. The molecule has 0 saturated carbocycles. The van der Waals surface area contributed by atoms with Crippen LogP contribution in [-0.2, 0) is 0 Å². The van der Waals surface area contributed by atoms with E-state index in [1.54, 1.807) is 12.1 Å². The quantitative estimate of drug-likeness (QED) is 0.379. The number of hydrogen-bond acceptors (Lipinski definition) is 3. The SMILES string of the molecule is [O-]/[N+](=C\c1ccccc1)CC(O)COc1ccccc1. The van der Waals surface area contributed by atoms with Gasteiger partial charge in [-0.25, -0.2) is 4.74 Å². The van der Waals surface area contributed by atoms with Crippen molar-refractivity contribution in [1.82, 2.24) is 0 Å². The molecule has 0 aliphatic carbocycles. The van der Waals surface area contributed by atoms with Crippen LogP contribution in [0.3, 0.4) is 0 Å². The summed E-state index contributed by atoms with van der Waals surface area (Å²) in [5.41, 5.74) is 0.804. The summed E-state index contributed by atoms with van der Waals surface area (Å²) >= 11 is 0. The summed E-state index contributed by atoms with van der Waals surface area (Å²) in [5, 5.41) is 21.5. The van der Waals surface area contributed by atoms with E-state index in [0.717, 1.165) is 5.56 Å². The monoisotopic (exact) mass is 271 g/mol. The fourth-order valence-electron chi connectivity index (χ4n) is 1.73. The van der Waals surface area contributed by atoms with Gasteiger partial charge in [-0.2, -0.15) is 0 Å². The van der Waals surface area contributed by atoms with Crippen LogP contribution in [-0.4, -0.2) is 35.3 Å². The topological polar surface area (TPSA) is 55.5 Å². The first kappa shape index (κ1) is 14.1. The van der Waals surface area contributed by atoms with Gasteiger partial charge in [0.2, 0.25) is 0 Å². The maximum absolute atomic E-state index is 11.7. The molecule has 1 unspecified atom stereocenters. The molecule has 20 heavy (non-hydrogen) atoms. The van der Waals surface area contributed by atoms with Crippen LogP contribution in [0.1, 0.15) is 5.56 Å². The van der Waals surface area contributed by atoms with Gasteiger partial charge in [0.25, 0.3) is 0 Å². The van der Waals surface area contributed by atoms with Crippen LogP contribution in [0.2, 0.25) is 0 Å². The maximum Gasteiger partial charge on any atom is 0.182 e. The van der Waals surface area contributed by atoms with Gasteiger partial charge in [-0.3, -0.25) is 0 Å². The van der Waals surface area contributed by atoms with E-state index < -0.39 is 6.10 Å². The van der Waals surface area contributed by atoms with E-state index in [-0.39, 0.29) is 13.2 Å². The third kappa shape index (κ3) is 4.74. The molecule has 0 aliphatic heterocycles. The third-order valence-electron chi connectivity index (χ3n) is 2.67. The summed E-state index contributed by atoms with van der Waals surface area (Å²) in [4.78, 5) is 0. The predicted octanol–water partition coefficient (Wildman–Crippen LogP) is 2.06. The molecule has 0 spiro atoms. The van der Waals surface area contributed by atoms with Crippen molar-refractivity contribution >= 4 is 6.21 Å². The number of aliphatic hydroxyl groups is 1. The van der Waals surface area contributed by atoms with E-state index in [0.29, 0.717) is 10.5 Å². The lowest BCUT2D eigenvalue weighted by atomic mass is 10.2. The highest BCUT2D eigenvalue weighted by molar-refractivity contribution is 5.75. The van der Waals surface area contributed by atoms with E-state index in [2.05, 4.69) is 0 Å². The molecule has 0 heterocycles. The maximum atomic E-state index is 11.7. The summed E-state index contributed by atoms with van der Waals surface area (Å²) < 4.78 is 6.11. The van der Waals surface area contributed by atoms with Crippen LogP contribution in [0, 0.1) is 5.21 Å². The average Bonchev–Trinajstić information content (AvgIpc) is 2.47. The van der Waals surface area contributed by atoms with Crippen LogP contribution in [0.4, 0.5) is 0 Å². The molecule has 0 fully saturated rings. The Morgan fingerprint density at radius 1 is 1.05 bits per heavy atom. The second kappa shape index (κ2) is 7.31. The van der Waals surface area contributed by atoms with Crippen molar-refractivity contribution in [2.75, 3.05) is 13.2 Å². The van der Waals surface area contributed by atoms with Gasteiger partial charge in [0.1, 0.15) is 18.5 Å². The minimum absolute atomic E-state index is 0.0261. The van der Waals surface area contributed by atoms with Gasteiger partial charge < -0.3 is 15.1 Å². The third-order valence-corrected chi connectivity index (χ3v) is 2.67. The molecule has 104 valence electrons. The molecule has 0 bridgehead atoms. The molecule has 0 aliphatic rings. The standard InChI is InChI=1S/C16H17NO3/c18-15(13-20-16-9-5-2-6-10-16)12-17(19)11-14-7-3-1-4-8-14/h1-11,15,18H,12-13H2/b17-11-. The van der Waals surface area contributed by atoms with Crippen LogP contribution < -0.4 is 4.74 Å². The summed E-state index contributed by atoms with van der Waals surface area (Å²) in [5.74, 6) is 0.677. The lowest BCUT2D eigenvalue weighted by Gasteiger charge is -2.12. The zero-order valence-corrected chi connectivity index (χ0v) is 11.1. The van der Waals surface area contributed by atoms with Gasteiger partial charge in [0.15, 0.2) is 12.8 Å². The molecule has 2 aromatic rings. The minimum atomic E-state index is -0.840. The zero-order valence-electron chi connectivity index (χ0n) is 11.1. The van der Waals surface area contributed by atoms with Crippen molar-refractivity contribution in [2.45, 2.75) is 6.10 Å². The Hall–Kier alpha value is -2.33. The summed E-state index contributed by atoms with van der Waals surface area (Å²) in [6.45, 7) is 0.0626. The van der Waals surface area contributed by atoms with Crippen molar-refractivity contribution in [3.63, 3.8) is 0 Å². The van der Waals surface area contributed by atoms with Crippen molar-refractivity contribution in [1.29, 1.82) is 0 Å². The number of nitrogens with zero attached hydrogens (tertiary/aromatic N) is 1. The Kier molecular flexibility index (Phi) is 5.15. The van der Waals surface area contributed by atoms with Gasteiger partial charge in [-0.1, -0.05) is 36.4 Å². The van der Waals surface area contributed by atoms with Crippen molar-refractivity contribution in [3.8, 4) is 5.75 Å². The molecular weight excluding hydrogens is 254 g/mol. The van der Waals surface area contributed by atoms with Gasteiger partial charge in [0.05, 0.1) is 0 Å². The first-order chi connectivity index (χ1) is 9.74. The van der Waals surface area contributed by atoms with E-state index in [4.69, 9.17) is 4.74 Å². The molecule has 2 rings (SSSR count). The number of aliphatic hydroxyl groups excluding tert-OH is 1. The Morgan fingerprint density at radius 2 is 1.65 bits per heavy atom. The summed E-state index contributed by atoms with van der Waals surface area (Å²) in [6, 6.07) is 18.5. The highest BCUT2D eigenvalue weighted by atomic mass is 16.5. The molecule has 4 heteroatoms. The first-order valence-electron chi connectivity index (χ1n) is 6.43. The number of benzene rings is 2. The minimum Gasteiger partial charge on any atom is -0.624 e. The molecule has 1 atom stereocenters. The average molecular weight is 271 g/mol. The van der Waals surface area contributed by atoms with E-state index >= 15 is 0 Å². The van der Waals surface area contributed by atoms with Crippen LogP contribution in [0.5, 0.6) is 5.75 Å². The van der Waals surface area contributed by atoms with Crippen LogP contribution in [0.25, 0.3) is 0 Å². The predicted molar refractivity (Wildman–Crippen MR) is 78.0 cm³/mol. The molecule has 0 amide bonds. The molecule has 2 aromatic carbocycles. The fraction of sp³-hybridized carbons (Fsp3) is 0.188. The van der Waals surface area contributed by atoms with Crippen molar-refractivity contribution in [2.24, 2.45) is 0 Å². The largest absolute Gasteiger partial charge is 0.624 e. The van der Waals surface area contributed by atoms with Crippen LogP contribution >= 0.6 is 0 Å². The van der Waals surface area contributed by atoms with Crippen molar-refractivity contribution in [3.05, 3.63) is 71.4 Å². The Morgan fingerprint density at radius 3 is 2.30 bits per heavy atom. The lowest BCUT2D eigenvalue weighted by molar-refractivity contribution is -0.464. The van der Waals surface area contributed by atoms with Gasteiger partial charge in [-0.05, 0) is 24.3 Å².